The molecule has 21 nitrogen and oxygen atoms in total. The first-order chi connectivity index (χ1) is 44.9. The maximum absolute atomic E-state index is 14.0. The largest absolute Gasteiger partial charge is 0.494 e. The number of hydrogen-bond acceptors (Lipinski definition) is 15. The molecule has 6 aromatic carbocycles. The second-order valence-corrected chi connectivity index (χ2v) is 22.1. The van der Waals surface area contributed by atoms with Crippen molar-refractivity contribution in [2.45, 2.75) is 91.5 Å². The lowest BCUT2D eigenvalue weighted by atomic mass is 9.90. The van der Waals surface area contributed by atoms with E-state index >= 15 is 0 Å². The predicted octanol–water partition coefficient (Wildman–Crippen LogP) is 11.7. The summed E-state index contributed by atoms with van der Waals surface area (Å²) in [7, 11) is -3.38. The summed E-state index contributed by atoms with van der Waals surface area (Å²) in [4.78, 5) is 91.8. The molecule has 0 aliphatic carbocycles. The third kappa shape index (κ3) is 20.0. The lowest BCUT2D eigenvalue weighted by molar-refractivity contribution is -0.200. The van der Waals surface area contributed by atoms with E-state index in [0.717, 1.165) is 22.3 Å². The van der Waals surface area contributed by atoms with E-state index in [4.69, 9.17) is 37.0 Å². The number of nitrogens with zero attached hydrogens (tertiary/aromatic N) is 2. The van der Waals surface area contributed by atoms with Gasteiger partial charge in [-0.1, -0.05) is 135 Å². The van der Waals surface area contributed by atoms with Gasteiger partial charge in [0.05, 0.1) is 50.5 Å². The van der Waals surface area contributed by atoms with Gasteiger partial charge in [0.15, 0.2) is 11.5 Å². The van der Waals surface area contributed by atoms with Crippen molar-refractivity contribution in [3.05, 3.63) is 216 Å². The summed E-state index contributed by atoms with van der Waals surface area (Å²) in [6.07, 6.45) is 3.88. The Morgan fingerprint density at radius 2 is 0.826 bits per heavy atom. The Bertz CT molecular complexity index is 3430. The standard InChI is InChI=1S/C70H77N6O15P/c1-5-61(75(47-77)86-43-51-25-17-11-18-26-51)59(31-29-49-21-13-9-14-22-49)67(79)71-45-73-69(81)65-35-33-63(88-65)53-37-55(84-7-3)41-57(39-53)90-92(83)91-58-40-54(38-56(42-58)85-8-4)64-34-36-66(89-64)70(82)74-46-72-68(80)60(32-30-50-23-15-10-16-24-50)62(6-2)76(48-78)87-44-52-27-19-12-20-28-52/h9-28,33-42,47-48,59-62,92H,5-8,29-32,43-46H2,1-4H3,(H,71,79)(H,72,80)(H,73,81)(H,74,82)/t59-,60-,61-,62-/m1/s1. The highest BCUT2D eigenvalue weighted by atomic mass is 31.1. The summed E-state index contributed by atoms with van der Waals surface area (Å²) < 4.78 is 49.1. The van der Waals surface area contributed by atoms with Gasteiger partial charge < -0.3 is 48.6 Å². The van der Waals surface area contributed by atoms with Gasteiger partial charge in [-0.3, -0.25) is 38.4 Å². The van der Waals surface area contributed by atoms with Gasteiger partial charge >= 0.3 is 8.25 Å². The lowest BCUT2D eigenvalue weighted by Gasteiger charge is -2.32. The van der Waals surface area contributed by atoms with Gasteiger partial charge in [-0.15, -0.1) is 0 Å². The molecule has 8 rings (SSSR count). The number of aryl methyl sites for hydroxylation is 2. The number of furan rings is 2. The molecule has 2 aromatic heterocycles. The average molecular weight is 1270 g/mol. The zero-order valence-electron chi connectivity index (χ0n) is 51.8. The summed E-state index contributed by atoms with van der Waals surface area (Å²) >= 11 is 0. The number of amides is 6. The fourth-order valence-corrected chi connectivity index (χ4v) is 11.1. The third-order valence-electron chi connectivity index (χ3n) is 15.0. The minimum Gasteiger partial charge on any atom is -0.494 e. The van der Waals surface area contributed by atoms with Crippen LogP contribution in [0.2, 0.25) is 0 Å². The number of hydroxylamine groups is 4. The lowest BCUT2D eigenvalue weighted by Crippen LogP contribution is -2.48. The van der Waals surface area contributed by atoms with Crippen LogP contribution in [0, 0.1) is 11.8 Å². The van der Waals surface area contributed by atoms with E-state index in [9.17, 15) is 33.3 Å². The molecule has 0 fully saturated rings. The number of carbonyl (C=O) groups is 6. The summed E-state index contributed by atoms with van der Waals surface area (Å²) in [6.45, 7) is 7.63. The van der Waals surface area contributed by atoms with Crippen molar-refractivity contribution in [2.24, 2.45) is 11.8 Å². The van der Waals surface area contributed by atoms with Gasteiger partial charge in [0.25, 0.3) is 11.8 Å². The molecule has 0 unspecified atom stereocenters. The average Bonchev–Trinajstić information content (AvgIpc) is 1.80. The van der Waals surface area contributed by atoms with Gasteiger partial charge in [-0.05, 0) is 123 Å². The molecule has 0 radical (unpaired) electrons. The quantitative estimate of drug-likeness (QED) is 0.0121. The molecule has 4 atom stereocenters. The minimum absolute atomic E-state index is 0.0719. The Kier molecular flexibility index (Phi) is 26.2. The van der Waals surface area contributed by atoms with E-state index < -0.39 is 44.0 Å². The van der Waals surface area contributed by atoms with Gasteiger partial charge in [0.2, 0.25) is 24.6 Å². The Hall–Kier alpha value is -9.95. The minimum atomic E-state index is -3.38. The number of rotatable bonds is 38. The normalized spacial score (nSPS) is 12.3. The number of hydrogen-bond donors (Lipinski definition) is 4. The highest BCUT2D eigenvalue weighted by molar-refractivity contribution is 7.34. The molecule has 6 amide bonds. The van der Waals surface area contributed by atoms with Crippen molar-refractivity contribution in [3.63, 3.8) is 0 Å². The van der Waals surface area contributed by atoms with Crippen LogP contribution in [-0.4, -0.2) is 85.2 Å². The van der Waals surface area contributed by atoms with E-state index in [2.05, 4.69) is 21.3 Å². The highest BCUT2D eigenvalue weighted by Gasteiger charge is 2.34. The SMILES string of the molecule is CCOc1cc(O[PH](=O)Oc2cc(OCC)cc(-c3ccc(C(=O)NCNC(=O)[C@H](CCc4ccccc4)[C@@H](CC)N(C=O)OCc4ccccc4)o3)c2)cc(-c2ccc(C(=O)NCNC(=O)[C@H](CCc3ccccc3)[C@@H](CC)N(C=O)OCc3ccccc3)o2)c1. The molecule has 22 heteroatoms. The smallest absolute Gasteiger partial charge is 0.418 e. The number of benzene rings is 6. The second kappa shape index (κ2) is 35.4. The molecular weight excluding hydrogens is 1200 g/mol. The number of ether oxygens (including phenoxy) is 2. The van der Waals surface area contributed by atoms with Gasteiger partial charge in [0, 0.05) is 23.3 Å². The van der Waals surface area contributed by atoms with E-state index in [1.54, 1.807) is 50.2 Å². The molecule has 0 bridgehead atoms. The third-order valence-corrected chi connectivity index (χ3v) is 15.8. The van der Waals surface area contributed by atoms with E-state index in [1.165, 1.54) is 34.4 Å². The fraction of sp³-hybridized carbons (Fsp3) is 0.286. The summed E-state index contributed by atoms with van der Waals surface area (Å²) in [6, 6.07) is 52.5. The van der Waals surface area contributed by atoms with Crippen LogP contribution in [0.15, 0.2) is 191 Å². The van der Waals surface area contributed by atoms with Crippen molar-refractivity contribution in [1.29, 1.82) is 0 Å². The first-order valence-electron chi connectivity index (χ1n) is 30.5. The van der Waals surface area contributed by atoms with Crippen LogP contribution in [0.25, 0.3) is 22.6 Å². The predicted molar refractivity (Wildman–Crippen MR) is 345 cm³/mol. The van der Waals surface area contributed by atoms with Crippen LogP contribution in [0.1, 0.15) is 96.7 Å². The fourth-order valence-electron chi connectivity index (χ4n) is 10.4. The van der Waals surface area contributed by atoms with Crippen molar-refractivity contribution in [2.75, 3.05) is 26.6 Å². The number of carbonyl (C=O) groups excluding carboxylic acids is 6. The van der Waals surface area contributed by atoms with Crippen LogP contribution >= 0.6 is 8.25 Å². The van der Waals surface area contributed by atoms with Crippen molar-refractivity contribution in [1.82, 2.24) is 31.4 Å². The number of nitrogens with one attached hydrogen (secondary N) is 4. The molecule has 4 N–H and O–H groups in total. The second-order valence-electron chi connectivity index (χ2n) is 21.1. The highest BCUT2D eigenvalue weighted by Crippen LogP contribution is 2.39. The molecule has 0 saturated carbocycles. The molecule has 2 heterocycles. The van der Waals surface area contributed by atoms with Crippen LogP contribution in [-0.2, 0) is 59.5 Å². The van der Waals surface area contributed by atoms with E-state index in [1.807, 2.05) is 135 Å². The zero-order valence-corrected chi connectivity index (χ0v) is 52.8. The molecule has 0 spiro atoms. The van der Waals surface area contributed by atoms with Crippen LogP contribution < -0.4 is 39.8 Å². The maximum atomic E-state index is 14.0. The summed E-state index contributed by atoms with van der Waals surface area (Å²) in [5.74, 6) is -2.24. The van der Waals surface area contributed by atoms with Gasteiger partial charge in [-0.25, -0.2) is 14.7 Å². The summed E-state index contributed by atoms with van der Waals surface area (Å²) in [5.41, 5.74) is 4.58. The monoisotopic (exact) mass is 1270 g/mol. The molecule has 0 aliphatic heterocycles. The van der Waals surface area contributed by atoms with E-state index in [-0.39, 0.29) is 86.1 Å². The van der Waals surface area contributed by atoms with Crippen LogP contribution in [0.4, 0.5) is 0 Å². The first-order valence-corrected chi connectivity index (χ1v) is 31.8. The zero-order chi connectivity index (χ0) is 65.0. The Morgan fingerprint density at radius 1 is 0.467 bits per heavy atom. The molecule has 92 heavy (non-hydrogen) atoms. The van der Waals surface area contributed by atoms with Crippen molar-refractivity contribution < 1.29 is 70.4 Å². The molecule has 0 aliphatic rings. The Labute approximate surface area is 535 Å². The first kappa shape index (κ1) is 68.0. The Balaban J connectivity index is 0.878. The van der Waals surface area contributed by atoms with Crippen LogP contribution in [0.3, 0.4) is 0 Å². The topological polar surface area (TPSA) is 256 Å². The molecular formula is C70H77N6O15P. The van der Waals surface area contributed by atoms with Gasteiger partial charge in [-0.2, -0.15) is 0 Å². The Morgan fingerprint density at radius 3 is 1.17 bits per heavy atom. The van der Waals surface area contributed by atoms with Gasteiger partial charge in [0.1, 0.15) is 47.7 Å². The molecule has 0 saturated heterocycles. The summed E-state index contributed by atoms with van der Waals surface area (Å²) in [5, 5.41) is 13.4. The molecule has 482 valence electrons. The van der Waals surface area contributed by atoms with E-state index in [0.29, 0.717) is 74.0 Å². The van der Waals surface area contributed by atoms with Crippen LogP contribution in [0.5, 0.6) is 23.0 Å². The van der Waals surface area contributed by atoms with Crippen molar-refractivity contribution >= 4 is 44.7 Å². The van der Waals surface area contributed by atoms with Crippen molar-refractivity contribution in [3.8, 4) is 45.6 Å². The maximum Gasteiger partial charge on any atom is 0.418 e. The molecule has 8 aromatic rings.